The first-order chi connectivity index (χ1) is 9.54. The normalized spacial score (nSPS) is 25.3. The zero-order valence-electron chi connectivity index (χ0n) is 12.1. The van der Waals surface area contributed by atoms with Crippen LogP contribution in [0.4, 0.5) is 9.93 Å². The van der Waals surface area contributed by atoms with E-state index in [-0.39, 0.29) is 17.5 Å². The van der Waals surface area contributed by atoms with Gasteiger partial charge in [-0.25, -0.2) is 9.78 Å². The Kier molecular flexibility index (Phi) is 3.58. The molecule has 0 radical (unpaired) electrons. The van der Waals surface area contributed by atoms with Gasteiger partial charge < -0.3 is 15.5 Å². The van der Waals surface area contributed by atoms with Gasteiger partial charge in [-0.15, -0.1) is 11.3 Å². The number of hydrogen-bond acceptors (Lipinski definition) is 4. The quantitative estimate of drug-likeness (QED) is 0.898. The molecule has 0 unspecified atom stereocenters. The highest BCUT2D eigenvalue weighted by Crippen LogP contribution is 2.44. The van der Waals surface area contributed by atoms with E-state index in [4.69, 9.17) is 0 Å². The number of rotatable bonds is 3. The molecule has 5 nitrogen and oxygen atoms in total. The number of thiazole rings is 1. The van der Waals surface area contributed by atoms with Gasteiger partial charge in [0.2, 0.25) is 0 Å². The third-order valence-electron chi connectivity index (χ3n) is 4.34. The molecule has 1 saturated carbocycles. The number of carbonyl (C=O) groups is 1. The standard InChI is InChI=1S/C14H22N4OS/c1-14(2)9-11(14)17-12(19)16-10-3-6-18(7-4-10)13-15-5-8-20-13/h5,8,10-11H,3-4,6-7,9H2,1-2H3,(H2,16,17,19)/t11-/m0/s1. The third-order valence-corrected chi connectivity index (χ3v) is 5.17. The van der Waals surface area contributed by atoms with E-state index in [1.165, 1.54) is 0 Å². The lowest BCUT2D eigenvalue weighted by molar-refractivity contribution is 0.232. The largest absolute Gasteiger partial charge is 0.348 e. The molecule has 6 heteroatoms. The van der Waals surface area contributed by atoms with E-state index in [9.17, 15) is 4.79 Å². The molecule has 20 heavy (non-hydrogen) atoms. The molecule has 110 valence electrons. The zero-order chi connectivity index (χ0) is 14.2. The predicted molar refractivity (Wildman–Crippen MR) is 81.2 cm³/mol. The summed E-state index contributed by atoms with van der Waals surface area (Å²) in [6.45, 7) is 6.30. The number of carbonyl (C=O) groups excluding carboxylic acids is 1. The molecule has 1 aromatic heterocycles. The van der Waals surface area contributed by atoms with E-state index in [1.807, 2.05) is 11.6 Å². The van der Waals surface area contributed by atoms with Crippen molar-refractivity contribution < 1.29 is 4.79 Å². The summed E-state index contributed by atoms with van der Waals surface area (Å²) in [6, 6.07) is 0.624. The molecule has 0 aromatic carbocycles. The van der Waals surface area contributed by atoms with E-state index < -0.39 is 0 Å². The summed E-state index contributed by atoms with van der Waals surface area (Å²) in [5, 5.41) is 9.25. The molecule has 2 amide bonds. The SMILES string of the molecule is CC1(C)C[C@@H]1NC(=O)NC1CCN(c2nccs2)CC1. The van der Waals surface area contributed by atoms with Crippen LogP contribution in [0, 0.1) is 5.41 Å². The molecular weight excluding hydrogens is 272 g/mol. The maximum atomic E-state index is 11.9. The highest BCUT2D eigenvalue weighted by molar-refractivity contribution is 7.13. The van der Waals surface area contributed by atoms with Crippen LogP contribution in [-0.4, -0.2) is 36.2 Å². The fraction of sp³-hybridized carbons (Fsp3) is 0.714. The number of nitrogens with zero attached hydrogens (tertiary/aromatic N) is 2. The average molecular weight is 294 g/mol. The molecule has 2 heterocycles. The van der Waals surface area contributed by atoms with Crippen molar-refractivity contribution in [3.8, 4) is 0 Å². The van der Waals surface area contributed by atoms with Crippen molar-refractivity contribution in [1.29, 1.82) is 0 Å². The Hall–Kier alpha value is -1.30. The van der Waals surface area contributed by atoms with Gasteiger partial charge in [0.1, 0.15) is 0 Å². The predicted octanol–water partition coefficient (Wildman–Crippen LogP) is 2.21. The van der Waals surface area contributed by atoms with E-state index in [0.29, 0.717) is 6.04 Å². The van der Waals surface area contributed by atoms with Crippen molar-refractivity contribution in [2.45, 2.75) is 45.2 Å². The smallest absolute Gasteiger partial charge is 0.315 e. The summed E-state index contributed by atoms with van der Waals surface area (Å²) in [6.07, 6.45) is 4.90. The van der Waals surface area contributed by atoms with Crippen LogP contribution in [0.3, 0.4) is 0 Å². The summed E-state index contributed by atoms with van der Waals surface area (Å²) >= 11 is 1.68. The van der Waals surface area contributed by atoms with E-state index in [1.54, 1.807) is 11.3 Å². The van der Waals surface area contributed by atoms with E-state index in [0.717, 1.165) is 37.5 Å². The lowest BCUT2D eigenvalue weighted by Crippen LogP contribution is -2.48. The molecule has 2 N–H and O–H groups in total. The summed E-state index contributed by atoms with van der Waals surface area (Å²) in [5.41, 5.74) is 0.283. The van der Waals surface area contributed by atoms with Crippen LogP contribution in [0.25, 0.3) is 0 Å². The number of hydrogen-bond donors (Lipinski definition) is 2. The topological polar surface area (TPSA) is 57.3 Å². The number of urea groups is 1. The minimum Gasteiger partial charge on any atom is -0.348 e. The maximum Gasteiger partial charge on any atom is 0.315 e. The highest BCUT2D eigenvalue weighted by Gasteiger charge is 2.46. The first-order valence-electron chi connectivity index (χ1n) is 7.26. The van der Waals surface area contributed by atoms with Gasteiger partial charge in [-0.05, 0) is 24.7 Å². The first kappa shape index (κ1) is 13.7. The van der Waals surface area contributed by atoms with Crippen LogP contribution < -0.4 is 15.5 Å². The maximum absolute atomic E-state index is 11.9. The van der Waals surface area contributed by atoms with Crippen LogP contribution in [0.15, 0.2) is 11.6 Å². The van der Waals surface area contributed by atoms with Crippen molar-refractivity contribution in [3.05, 3.63) is 11.6 Å². The molecule has 2 fully saturated rings. The zero-order valence-corrected chi connectivity index (χ0v) is 12.9. The molecule has 1 aromatic rings. The second-order valence-corrected chi connectivity index (χ2v) is 7.31. The fourth-order valence-corrected chi connectivity index (χ4v) is 3.38. The molecule has 0 bridgehead atoms. The molecule has 1 aliphatic heterocycles. The molecular formula is C14H22N4OS. The van der Waals surface area contributed by atoms with Crippen molar-refractivity contribution in [2.24, 2.45) is 5.41 Å². The number of amides is 2. The number of aromatic nitrogens is 1. The molecule has 3 rings (SSSR count). The molecule has 1 saturated heterocycles. The molecule has 2 aliphatic rings. The average Bonchev–Trinajstić information content (AvgIpc) is 2.84. The number of anilines is 1. The van der Waals surface area contributed by atoms with Crippen molar-refractivity contribution in [3.63, 3.8) is 0 Å². The van der Waals surface area contributed by atoms with Gasteiger partial charge in [0.15, 0.2) is 5.13 Å². The van der Waals surface area contributed by atoms with Crippen LogP contribution in [0.2, 0.25) is 0 Å². The summed E-state index contributed by atoms with van der Waals surface area (Å²) in [4.78, 5) is 18.5. The van der Waals surface area contributed by atoms with Crippen molar-refractivity contribution in [2.75, 3.05) is 18.0 Å². The van der Waals surface area contributed by atoms with Crippen LogP contribution >= 0.6 is 11.3 Å². The Morgan fingerprint density at radius 1 is 1.40 bits per heavy atom. The minimum atomic E-state index is -0.00623. The Morgan fingerprint density at radius 3 is 2.65 bits per heavy atom. The second kappa shape index (κ2) is 5.24. The van der Waals surface area contributed by atoms with Gasteiger partial charge in [-0.2, -0.15) is 0 Å². The Labute approximate surface area is 123 Å². The van der Waals surface area contributed by atoms with E-state index >= 15 is 0 Å². The van der Waals surface area contributed by atoms with Crippen LogP contribution in [0.5, 0.6) is 0 Å². The Morgan fingerprint density at radius 2 is 2.10 bits per heavy atom. The number of nitrogens with one attached hydrogen (secondary N) is 2. The van der Waals surface area contributed by atoms with Gasteiger partial charge in [-0.3, -0.25) is 0 Å². The number of piperidine rings is 1. The van der Waals surface area contributed by atoms with Gasteiger partial charge in [-0.1, -0.05) is 13.8 Å². The van der Waals surface area contributed by atoms with E-state index in [2.05, 4.69) is 34.4 Å². The van der Waals surface area contributed by atoms with Crippen molar-refractivity contribution in [1.82, 2.24) is 15.6 Å². The summed E-state index contributed by atoms with van der Waals surface area (Å²) in [7, 11) is 0. The summed E-state index contributed by atoms with van der Waals surface area (Å²) in [5.74, 6) is 0. The molecule has 1 aliphatic carbocycles. The van der Waals surface area contributed by atoms with Crippen molar-refractivity contribution >= 4 is 22.5 Å². The highest BCUT2D eigenvalue weighted by atomic mass is 32.1. The molecule has 0 spiro atoms. The first-order valence-corrected chi connectivity index (χ1v) is 8.14. The lowest BCUT2D eigenvalue weighted by Gasteiger charge is -2.32. The third kappa shape index (κ3) is 3.06. The van der Waals surface area contributed by atoms with Crippen LogP contribution in [-0.2, 0) is 0 Å². The molecule has 1 atom stereocenters. The Bertz CT molecular complexity index is 466. The minimum absolute atomic E-state index is 0.00623. The fourth-order valence-electron chi connectivity index (χ4n) is 2.69. The second-order valence-electron chi connectivity index (χ2n) is 6.44. The van der Waals surface area contributed by atoms with Gasteiger partial charge in [0.05, 0.1) is 0 Å². The summed E-state index contributed by atoms with van der Waals surface area (Å²) < 4.78 is 0. The van der Waals surface area contributed by atoms with Gasteiger partial charge in [0.25, 0.3) is 0 Å². The van der Waals surface area contributed by atoms with Gasteiger partial charge in [0, 0.05) is 36.8 Å². The van der Waals surface area contributed by atoms with Crippen LogP contribution in [0.1, 0.15) is 33.1 Å². The lowest BCUT2D eigenvalue weighted by atomic mass is 10.1. The Balaban J connectivity index is 1.41. The van der Waals surface area contributed by atoms with Gasteiger partial charge >= 0.3 is 6.03 Å². The monoisotopic (exact) mass is 294 g/mol.